The van der Waals surface area contributed by atoms with Gasteiger partial charge in [-0.3, -0.25) is 0 Å². The van der Waals surface area contributed by atoms with Crippen LogP contribution < -0.4 is 20.5 Å². The number of aromatic nitrogens is 1. The van der Waals surface area contributed by atoms with E-state index in [0.29, 0.717) is 19.0 Å². The van der Waals surface area contributed by atoms with Crippen LogP contribution in [0.1, 0.15) is 37.0 Å². The molecule has 1 aromatic heterocycles. The van der Waals surface area contributed by atoms with Crippen LogP contribution in [-0.2, 0) is 18.4 Å². The Bertz CT molecular complexity index is 756. The van der Waals surface area contributed by atoms with Gasteiger partial charge in [-0.1, -0.05) is 26.8 Å². The van der Waals surface area contributed by atoms with E-state index in [-0.39, 0.29) is 29.4 Å². The summed E-state index contributed by atoms with van der Waals surface area (Å²) in [5.41, 5.74) is 8.24. The number of rotatable bonds is 7. The molecule has 0 bridgehead atoms. The van der Waals surface area contributed by atoms with Crippen molar-refractivity contribution in [3.05, 3.63) is 39.8 Å². The highest BCUT2D eigenvalue weighted by atomic mass is 127. The number of nitrogens with two attached hydrogens (primary N) is 1. The molecule has 0 spiro atoms. The summed E-state index contributed by atoms with van der Waals surface area (Å²) in [6.45, 7) is 7.64. The third-order valence-corrected chi connectivity index (χ3v) is 4.71. The van der Waals surface area contributed by atoms with Gasteiger partial charge in [-0.2, -0.15) is 0 Å². The molecule has 3 N–H and O–H groups in total. The van der Waals surface area contributed by atoms with Crippen LogP contribution in [0.15, 0.2) is 28.6 Å². The van der Waals surface area contributed by atoms with E-state index < -0.39 is 0 Å². The second kappa shape index (κ2) is 10.7. The van der Waals surface area contributed by atoms with Gasteiger partial charge < -0.3 is 20.5 Å². The normalized spacial score (nSPS) is 11.7. The van der Waals surface area contributed by atoms with Gasteiger partial charge in [0.2, 0.25) is 0 Å². The lowest BCUT2D eigenvalue weighted by molar-refractivity contribution is 0.354. The van der Waals surface area contributed by atoms with Gasteiger partial charge in [0.1, 0.15) is 5.01 Å². The first-order valence-electron chi connectivity index (χ1n) is 8.53. The highest BCUT2D eigenvalue weighted by Crippen LogP contribution is 2.27. The molecule has 0 radical (unpaired) electrons. The number of thiazole rings is 1. The lowest BCUT2D eigenvalue weighted by Crippen LogP contribution is -2.33. The highest BCUT2D eigenvalue weighted by Gasteiger charge is 2.17. The Labute approximate surface area is 182 Å². The third kappa shape index (κ3) is 7.17. The minimum absolute atomic E-state index is 0. The number of ether oxygens (including phenoxy) is 2. The van der Waals surface area contributed by atoms with Crippen LogP contribution in [0, 0.1) is 0 Å². The summed E-state index contributed by atoms with van der Waals surface area (Å²) in [6, 6.07) is 5.89. The van der Waals surface area contributed by atoms with Gasteiger partial charge in [-0.25, -0.2) is 9.98 Å². The molecule has 6 nitrogen and oxygen atoms in total. The second-order valence-corrected chi connectivity index (χ2v) is 7.89. The third-order valence-electron chi connectivity index (χ3n) is 3.87. The monoisotopic (exact) mass is 504 g/mol. The number of nitrogens with zero attached hydrogens (tertiary/aromatic N) is 2. The zero-order valence-electron chi connectivity index (χ0n) is 16.5. The smallest absolute Gasteiger partial charge is 0.189 e. The Morgan fingerprint density at radius 1 is 1.22 bits per heavy atom. The minimum Gasteiger partial charge on any atom is -0.493 e. The Morgan fingerprint density at radius 2 is 1.93 bits per heavy atom. The molecule has 0 amide bonds. The molecule has 0 fully saturated rings. The van der Waals surface area contributed by atoms with E-state index in [0.717, 1.165) is 34.2 Å². The van der Waals surface area contributed by atoms with Gasteiger partial charge in [-0.15, -0.1) is 35.3 Å². The van der Waals surface area contributed by atoms with Crippen molar-refractivity contribution in [1.82, 2.24) is 10.3 Å². The Balaban J connectivity index is 0.00000364. The number of hydrogen-bond acceptors (Lipinski definition) is 5. The summed E-state index contributed by atoms with van der Waals surface area (Å²) >= 11 is 1.62. The summed E-state index contributed by atoms with van der Waals surface area (Å²) in [4.78, 5) is 8.99. The van der Waals surface area contributed by atoms with Crippen LogP contribution in [0.3, 0.4) is 0 Å². The quantitative estimate of drug-likeness (QED) is 0.341. The summed E-state index contributed by atoms with van der Waals surface area (Å²) in [5, 5.41) is 6.20. The number of aliphatic imine (C=N–C) groups is 1. The zero-order chi connectivity index (χ0) is 19.2. The molecular formula is C19H29IN4O2S. The van der Waals surface area contributed by atoms with Crippen LogP contribution in [0.25, 0.3) is 0 Å². The van der Waals surface area contributed by atoms with Gasteiger partial charge in [0.15, 0.2) is 17.5 Å². The average Bonchev–Trinajstić information content (AvgIpc) is 3.09. The van der Waals surface area contributed by atoms with E-state index in [2.05, 4.69) is 41.4 Å². The molecule has 0 atom stereocenters. The molecule has 0 aliphatic rings. The van der Waals surface area contributed by atoms with Gasteiger partial charge in [0, 0.05) is 17.3 Å². The van der Waals surface area contributed by atoms with E-state index in [9.17, 15) is 0 Å². The molecule has 150 valence electrons. The van der Waals surface area contributed by atoms with Crippen molar-refractivity contribution in [2.75, 3.05) is 20.8 Å². The maximum atomic E-state index is 5.95. The van der Waals surface area contributed by atoms with Gasteiger partial charge in [0.25, 0.3) is 0 Å². The van der Waals surface area contributed by atoms with Gasteiger partial charge in [0.05, 0.1) is 26.5 Å². The molecule has 0 aliphatic heterocycles. The van der Waals surface area contributed by atoms with Crippen LogP contribution in [-0.4, -0.2) is 31.7 Å². The van der Waals surface area contributed by atoms with Crippen molar-refractivity contribution in [2.24, 2.45) is 10.7 Å². The SMILES string of the molecule is COc1ccc(CCNC(N)=NCc2nc(C(C)(C)C)cs2)cc1OC.I. The van der Waals surface area contributed by atoms with Crippen LogP contribution >= 0.6 is 35.3 Å². The molecule has 1 aromatic carbocycles. The standard InChI is InChI=1S/C19H28N4O2S.HI/c1-19(2,3)16-12-26-17(23-16)11-22-18(20)21-9-8-13-6-7-14(24-4)15(10-13)25-5;/h6-7,10,12H,8-9,11H2,1-5H3,(H3,20,21,22);1H. The van der Waals surface area contributed by atoms with Crippen molar-refractivity contribution >= 4 is 41.3 Å². The molecule has 2 aromatic rings. The first-order chi connectivity index (χ1) is 12.3. The maximum Gasteiger partial charge on any atom is 0.189 e. The van der Waals surface area contributed by atoms with E-state index in [1.54, 1.807) is 25.6 Å². The van der Waals surface area contributed by atoms with Gasteiger partial charge >= 0.3 is 0 Å². The van der Waals surface area contributed by atoms with E-state index in [1.807, 2.05) is 18.2 Å². The van der Waals surface area contributed by atoms with Crippen molar-refractivity contribution in [3.8, 4) is 11.5 Å². The number of guanidine groups is 1. The highest BCUT2D eigenvalue weighted by molar-refractivity contribution is 14.0. The van der Waals surface area contributed by atoms with Crippen LogP contribution in [0.4, 0.5) is 0 Å². The van der Waals surface area contributed by atoms with Gasteiger partial charge in [-0.05, 0) is 24.1 Å². The number of hydrogen-bond donors (Lipinski definition) is 2. The molecule has 1 heterocycles. The first-order valence-corrected chi connectivity index (χ1v) is 9.41. The Hall–Kier alpha value is -1.55. The molecule has 0 saturated heterocycles. The van der Waals surface area contributed by atoms with Crippen LogP contribution in [0.5, 0.6) is 11.5 Å². The summed E-state index contributed by atoms with van der Waals surface area (Å²) in [6.07, 6.45) is 0.808. The van der Waals surface area contributed by atoms with E-state index in [4.69, 9.17) is 15.2 Å². The zero-order valence-corrected chi connectivity index (χ0v) is 19.7. The van der Waals surface area contributed by atoms with Crippen molar-refractivity contribution in [2.45, 2.75) is 39.2 Å². The Morgan fingerprint density at radius 3 is 2.52 bits per heavy atom. The number of halogens is 1. The predicted molar refractivity (Wildman–Crippen MR) is 123 cm³/mol. The number of benzene rings is 1. The minimum atomic E-state index is 0. The van der Waals surface area contributed by atoms with Crippen LogP contribution in [0.2, 0.25) is 0 Å². The molecule has 2 rings (SSSR count). The summed E-state index contributed by atoms with van der Waals surface area (Å²) < 4.78 is 10.6. The number of nitrogens with one attached hydrogen (secondary N) is 1. The molecule has 8 heteroatoms. The van der Waals surface area contributed by atoms with E-state index in [1.165, 1.54) is 0 Å². The summed E-state index contributed by atoms with van der Waals surface area (Å²) in [7, 11) is 3.26. The predicted octanol–water partition coefficient (Wildman–Crippen LogP) is 3.72. The second-order valence-electron chi connectivity index (χ2n) is 6.94. The van der Waals surface area contributed by atoms with E-state index >= 15 is 0 Å². The maximum absolute atomic E-state index is 5.95. The molecular weight excluding hydrogens is 475 g/mol. The molecule has 0 aliphatic carbocycles. The fourth-order valence-corrected chi connectivity index (χ4v) is 3.25. The number of methoxy groups -OCH3 is 2. The molecule has 0 unspecified atom stereocenters. The lowest BCUT2D eigenvalue weighted by atomic mass is 9.93. The largest absolute Gasteiger partial charge is 0.493 e. The topological polar surface area (TPSA) is 81.8 Å². The average molecular weight is 504 g/mol. The van der Waals surface area contributed by atoms with Crippen molar-refractivity contribution in [1.29, 1.82) is 0 Å². The molecule has 27 heavy (non-hydrogen) atoms. The first kappa shape index (κ1) is 23.5. The lowest BCUT2D eigenvalue weighted by Gasteiger charge is -2.14. The van der Waals surface area contributed by atoms with Crippen molar-refractivity contribution < 1.29 is 9.47 Å². The Kier molecular flexibility index (Phi) is 9.31. The fraction of sp³-hybridized carbons (Fsp3) is 0.474. The molecule has 0 saturated carbocycles. The summed E-state index contributed by atoms with van der Waals surface area (Å²) in [5.74, 6) is 1.88. The fourth-order valence-electron chi connectivity index (χ4n) is 2.31. The van der Waals surface area contributed by atoms with Crippen molar-refractivity contribution in [3.63, 3.8) is 0 Å².